The normalized spacial score (nSPS) is 22.4. The number of aromatic nitrogens is 2. The summed E-state index contributed by atoms with van der Waals surface area (Å²) in [4.78, 5) is 24.4. The molecule has 0 radical (unpaired) electrons. The van der Waals surface area contributed by atoms with E-state index in [2.05, 4.69) is 39.0 Å². The number of nitrogens with zero attached hydrogens (tertiary/aromatic N) is 6. The topological polar surface area (TPSA) is 91.1 Å². The number of rotatable bonds is 9. The van der Waals surface area contributed by atoms with Crippen molar-refractivity contribution in [2.45, 2.75) is 80.3 Å². The molecule has 0 aliphatic carbocycles. The second-order valence-electron chi connectivity index (χ2n) is 14.4. The molecule has 50 heavy (non-hydrogen) atoms. The number of aryl methyl sites for hydroxylation is 1. The van der Waals surface area contributed by atoms with Crippen LogP contribution in [0.4, 0.5) is 4.39 Å². The van der Waals surface area contributed by atoms with Crippen molar-refractivity contribution in [2.75, 3.05) is 33.7 Å². The zero-order chi connectivity index (χ0) is 35.2. The quantitative estimate of drug-likeness (QED) is 0.139. The van der Waals surface area contributed by atoms with E-state index in [-0.39, 0.29) is 32.6 Å². The molecule has 264 valence electrons. The van der Waals surface area contributed by atoms with E-state index >= 15 is 0 Å². The number of carbonyl (C=O) groups excluding carboxylic acids is 1. The fourth-order valence-corrected chi connectivity index (χ4v) is 10.1. The number of hydrogen-bond donors (Lipinski definition) is 0. The molecule has 9 nitrogen and oxygen atoms in total. The fraction of sp³-hybridized carbons (Fsp3) is 0.447. The highest BCUT2D eigenvalue weighted by Gasteiger charge is 2.44. The van der Waals surface area contributed by atoms with Crippen LogP contribution in [0.2, 0.25) is 5.02 Å². The molecule has 3 atom stereocenters. The lowest BCUT2D eigenvalue weighted by Crippen LogP contribution is -2.49. The Morgan fingerprint density at radius 1 is 1.02 bits per heavy atom. The van der Waals surface area contributed by atoms with Crippen LogP contribution in [0.15, 0.2) is 76.0 Å². The molecular formula is C38H44ClFN6O3S. The number of carbonyl (C=O) groups is 1. The summed E-state index contributed by atoms with van der Waals surface area (Å²) >= 11 is 6.26. The first-order valence-corrected chi connectivity index (χ1v) is 19.3. The molecule has 3 fully saturated rings. The van der Waals surface area contributed by atoms with Crippen LogP contribution in [0.3, 0.4) is 0 Å². The smallest absolute Gasteiger partial charge is 0.285 e. The second kappa shape index (κ2) is 13.7. The van der Waals surface area contributed by atoms with Crippen molar-refractivity contribution < 1.29 is 17.6 Å². The minimum atomic E-state index is -4.10. The molecule has 12 heteroatoms. The summed E-state index contributed by atoms with van der Waals surface area (Å²) in [5.41, 5.74) is 3.19. The SMILES string of the molecule is Cc1nc2ccccc2n1[C@H]1C[C@H]2CC[C@@H](C1)N2CCC1(c2cccc(F)c2)CCN(C(=O)c2ccc(Cl)c(S(=O)(=O)/N=C/N(C)C)c2)CC1. The lowest BCUT2D eigenvalue weighted by atomic mass is 9.70. The average Bonchev–Trinajstić information content (AvgIpc) is 3.56. The maximum atomic E-state index is 14.7. The van der Waals surface area contributed by atoms with E-state index in [0.29, 0.717) is 44.1 Å². The average molecular weight is 719 g/mol. The van der Waals surface area contributed by atoms with Crippen LogP contribution in [0, 0.1) is 12.7 Å². The molecule has 1 amide bonds. The summed E-state index contributed by atoms with van der Waals surface area (Å²) in [7, 11) is -0.772. The Hall–Kier alpha value is -3.80. The molecule has 3 aromatic carbocycles. The number of sulfonamides is 1. The van der Waals surface area contributed by atoms with Gasteiger partial charge in [0.05, 0.1) is 16.1 Å². The predicted molar refractivity (Wildman–Crippen MR) is 195 cm³/mol. The third-order valence-electron chi connectivity index (χ3n) is 11.2. The first kappa shape index (κ1) is 34.6. The molecule has 0 N–H and O–H groups in total. The van der Waals surface area contributed by atoms with E-state index in [1.807, 2.05) is 12.1 Å². The minimum Gasteiger partial charge on any atom is -0.368 e. The second-order valence-corrected chi connectivity index (χ2v) is 16.4. The van der Waals surface area contributed by atoms with Gasteiger partial charge in [-0.2, -0.15) is 8.42 Å². The van der Waals surface area contributed by atoms with Crippen molar-refractivity contribution >= 4 is 44.9 Å². The minimum absolute atomic E-state index is 0.00716. The number of likely N-dealkylation sites (tertiary alicyclic amines) is 1. The van der Waals surface area contributed by atoms with Gasteiger partial charge in [-0.15, -0.1) is 4.40 Å². The zero-order valence-electron chi connectivity index (χ0n) is 28.8. The summed E-state index contributed by atoms with van der Waals surface area (Å²) < 4.78 is 46.6. The molecule has 4 aromatic rings. The van der Waals surface area contributed by atoms with Crippen molar-refractivity contribution in [3.8, 4) is 0 Å². The Kier molecular flexibility index (Phi) is 9.51. The Balaban J connectivity index is 1.07. The van der Waals surface area contributed by atoms with Gasteiger partial charge in [0, 0.05) is 50.9 Å². The van der Waals surface area contributed by atoms with Gasteiger partial charge in [0.2, 0.25) is 0 Å². The van der Waals surface area contributed by atoms with E-state index in [1.165, 1.54) is 47.8 Å². The lowest BCUT2D eigenvalue weighted by Gasteiger charge is -2.45. The number of halogens is 2. The van der Waals surface area contributed by atoms with Crippen molar-refractivity contribution in [1.82, 2.24) is 24.3 Å². The third kappa shape index (κ3) is 6.67. The number of benzene rings is 3. The van der Waals surface area contributed by atoms with E-state index in [1.54, 1.807) is 37.2 Å². The molecule has 3 aliphatic rings. The van der Waals surface area contributed by atoms with Crippen molar-refractivity contribution in [2.24, 2.45) is 4.40 Å². The molecule has 7 rings (SSSR count). The first-order chi connectivity index (χ1) is 23.9. The molecular weight excluding hydrogens is 675 g/mol. The predicted octanol–water partition coefficient (Wildman–Crippen LogP) is 6.85. The number of para-hydroxylation sites is 2. The van der Waals surface area contributed by atoms with Crippen molar-refractivity contribution in [3.05, 3.63) is 94.5 Å². The molecule has 4 heterocycles. The largest absolute Gasteiger partial charge is 0.368 e. The van der Waals surface area contributed by atoms with Crippen LogP contribution in [0.5, 0.6) is 0 Å². The highest BCUT2D eigenvalue weighted by Crippen LogP contribution is 2.45. The number of piperidine rings is 2. The van der Waals surface area contributed by atoms with Crippen molar-refractivity contribution in [3.63, 3.8) is 0 Å². The van der Waals surface area contributed by atoms with Crippen molar-refractivity contribution in [1.29, 1.82) is 0 Å². The number of fused-ring (bicyclic) bond motifs is 3. The highest BCUT2D eigenvalue weighted by atomic mass is 35.5. The Morgan fingerprint density at radius 3 is 2.44 bits per heavy atom. The third-order valence-corrected chi connectivity index (χ3v) is 12.9. The highest BCUT2D eigenvalue weighted by molar-refractivity contribution is 7.90. The summed E-state index contributed by atoms with van der Waals surface area (Å²) in [6.45, 7) is 3.98. The van der Waals surface area contributed by atoms with Gasteiger partial charge >= 0.3 is 0 Å². The van der Waals surface area contributed by atoms with E-state index in [0.717, 1.165) is 42.7 Å². The zero-order valence-corrected chi connectivity index (χ0v) is 30.4. The summed E-state index contributed by atoms with van der Waals surface area (Å²) in [5, 5.41) is 0.00716. The molecule has 0 spiro atoms. The van der Waals surface area contributed by atoms with Gasteiger partial charge in [0.25, 0.3) is 15.9 Å². The van der Waals surface area contributed by atoms with Crippen LogP contribution in [-0.4, -0.2) is 90.7 Å². The van der Waals surface area contributed by atoms with Crippen LogP contribution >= 0.6 is 11.6 Å². The molecule has 1 aromatic heterocycles. The van der Waals surface area contributed by atoms with E-state index in [4.69, 9.17) is 16.6 Å². The van der Waals surface area contributed by atoms with Crippen LogP contribution in [0.25, 0.3) is 11.0 Å². The van der Waals surface area contributed by atoms with Gasteiger partial charge < -0.3 is 14.4 Å². The molecule has 3 aliphatic heterocycles. The summed E-state index contributed by atoms with van der Waals surface area (Å²) in [5.74, 6) is 0.561. The van der Waals surface area contributed by atoms with Gasteiger partial charge in [-0.25, -0.2) is 9.37 Å². The Morgan fingerprint density at radius 2 is 1.74 bits per heavy atom. The molecule has 0 unspecified atom stereocenters. The van der Waals surface area contributed by atoms with Gasteiger partial charge in [-0.3, -0.25) is 9.69 Å². The van der Waals surface area contributed by atoms with Gasteiger partial charge in [-0.05, 0) is 112 Å². The Labute approximate surface area is 298 Å². The maximum absolute atomic E-state index is 14.7. The van der Waals surface area contributed by atoms with Gasteiger partial charge in [0.1, 0.15) is 22.9 Å². The number of imidazole rings is 1. The summed E-state index contributed by atoms with van der Waals surface area (Å²) in [6.07, 6.45) is 7.96. The van der Waals surface area contributed by atoms with Gasteiger partial charge in [-0.1, -0.05) is 35.9 Å². The summed E-state index contributed by atoms with van der Waals surface area (Å²) in [6, 6.07) is 21.1. The van der Waals surface area contributed by atoms with E-state index in [9.17, 15) is 17.6 Å². The Bertz CT molecular complexity index is 2030. The standard InChI is InChI=1S/C38H44ClFN6O3S/c1-26-42-34-9-4-5-10-35(34)46(26)32-23-30-12-13-31(24-32)45(30)20-17-38(28-7-6-8-29(40)22-28)15-18-44(19-16-38)37(47)27-11-14-33(39)36(21-27)50(48,49)41-25-43(2)3/h4-11,14,21-22,25,30-32H,12-13,15-20,23-24H2,1-3H3/b41-25+/t30-,31+,32+. The fourth-order valence-electron chi connectivity index (χ4n) is 8.66. The monoisotopic (exact) mass is 718 g/mol. The lowest BCUT2D eigenvalue weighted by molar-refractivity contribution is 0.0606. The van der Waals surface area contributed by atoms with Crippen LogP contribution < -0.4 is 0 Å². The number of hydrogen-bond acceptors (Lipinski definition) is 5. The molecule has 0 saturated carbocycles. The first-order valence-electron chi connectivity index (χ1n) is 17.5. The van der Waals surface area contributed by atoms with Gasteiger partial charge in [0.15, 0.2) is 0 Å². The maximum Gasteiger partial charge on any atom is 0.285 e. The molecule has 3 saturated heterocycles. The number of amides is 1. The van der Waals surface area contributed by atoms with Crippen LogP contribution in [-0.2, 0) is 15.4 Å². The van der Waals surface area contributed by atoms with Crippen LogP contribution in [0.1, 0.15) is 72.7 Å². The van der Waals surface area contributed by atoms with E-state index < -0.39 is 10.0 Å². The molecule has 2 bridgehead atoms.